The van der Waals surface area contributed by atoms with Crippen molar-refractivity contribution in [3.05, 3.63) is 70.0 Å². The third-order valence-corrected chi connectivity index (χ3v) is 22.2. The highest BCUT2D eigenvalue weighted by Gasteiger charge is 2.58. The fourth-order valence-corrected chi connectivity index (χ4v) is 16.4. The number of hydrogen-bond acceptors (Lipinski definition) is 18. The standard InChI is InChI=1S/C71H108N10O16S/c1-46(2)61(77-64(86)54(72)15-11-12-31-73-60(84)45-97-56-17-10-8-9-16-55-62(56)79-80-81(55)33-35-94-37-39-96-41-40-95-38-36-93-34-26-59(83)74-32-42-98(90,91)92)65(87)75-47(3)63(85)76-50-22-18-48-20-24-57-68(4,52(48)43-50)27-13-29-70(57,6)66(88)78-67(89)71(7)30-14-28-69(5)53-44-51(82)23-19-49(53)21-25-58(69)71/h18-19,22-23,43-44,46-47,54,56-58,61,82H,8-17,20-21,24-42,45,72H2,1-7H3,(H,73,84)(H,74,83)(H,75,87)(H,76,85)(H,77,86)(H,78,88,89)(H,90,91,92)/t47-,54+,56?,57+,58+,61-,68+,69+,70-,71-/m0/s1. The number of ether oxygens (including phenoxy) is 5. The van der Waals surface area contributed by atoms with Crippen molar-refractivity contribution in [1.29, 1.82) is 0 Å². The predicted molar refractivity (Wildman–Crippen MR) is 366 cm³/mol. The van der Waals surface area contributed by atoms with Gasteiger partial charge in [0.1, 0.15) is 36.2 Å². The van der Waals surface area contributed by atoms with E-state index in [1.54, 1.807) is 26.8 Å². The summed E-state index contributed by atoms with van der Waals surface area (Å²) in [6.07, 6.45) is 13.2. The summed E-state index contributed by atoms with van der Waals surface area (Å²) in [5.41, 5.74) is 10.8. The molecule has 0 bridgehead atoms. The SMILES string of the molecule is CC(C)[C@H](NC(=O)[C@H](N)CCCCNC(=O)COC1CCCCCc2c1nnn2CCOCCOCCOCCOCCC(=O)NCCS(=O)(=O)O)C(=O)N[C@@H](C)C(=O)Nc1ccc2c(c1)[C@@]1(C)CCC[C@](C)(C(=O)NC(=O)[C@@]3(C)CCC[C@]4(C)c5cc(O)ccc5CC[C@@H]34)[C@@H]1CC2. The summed E-state index contributed by atoms with van der Waals surface area (Å²) in [6, 6.07) is 8.64. The van der Waals surface area contributed by atoms with E-state index in [-0.39, 0.29) is 85.3 Å². The number of nitrogens with two attached hydrogens (primary N) is 1. The van der Waals surface area contributed by atoms with Crippen molar-refractivity contribution < 1.29 is 75.3 Å². The molecule has 0 saturated heterocycles. The third kappa shape index (κ3) is 20.0. The number of amides is 7. The number of carbonyl (C=O) groups excluding carboxylic acids is 7. The van der Waals surface area contributed by atoms with Crippen molar-refractivity contribution in [2.24, 2.45) is 34.3 Å². The maximum atomic E-state index is 14.8. The average molecular weight is 1390 g/mol. The summed E-state index contributed by atoms with van der Waals surface area (Å²) in [5, 5.41) is 36.3. The highest BCUT2D eigenvalue weighted by atomic mass is 32.2. The van der Waals surface area contributed by atoms with Gasteiger partial charge in [-0.1, -0.05) is 84.6 Å². The number of hydrogen-bond donors (Lipinski definition) is 9. The number of fused-ring (bicyclic) bond motifs is 7. The van der Waals surface area contributed by atoms with Crippen LogP contribution in [0.3, 0.4) is 0 Å². The normalized spacial score (nSPS) is 24.5. The minimum atomic E-state index is -4.13. The molecule has 1 aromatic heterocycles. The number of phenolic OH excluding ortho intramolecular Hbond substituents is 1. The number of aromatic hydroxyl groups is 1. The molecule has 1 unspecified atom stereocenters. The maximum Gasteiger partial charge on any atom is 0.266 e. The Kier molecular flexibility index (Phi) is 27.8. The Morgan fingerprint density at radius 3 is 1.88 bits per heavy atom. The largest absolute Gasteiger partial charge is 0.508 e. The number of anilines is 1. The molecule has 0 radical (unpaired) electrons. The molecule has 10 N–H and O–H groups in total. The van der Waals surface area contributed by atoms with Gasteiger partial charge in [0.25, 0.3) is 10.1 Å². The molecular formula is C71H108N10O16S. The first-order valence-corrected chi connectivity index (χ1v) is 37.1. The van der Waals surface area contributed by atoms with E-state index < -0.39 is 74.1 Å². The van der Waals surface area contributed by atoms with E-state index in [0.29, 0.717) is 96.9 Å². The highest BCUT2D eigenvalue weighted by molar-refractivity contribution is 7.85. The Labute approximate surface area is 577 Å². The van der Waals surface area contributed by atoms with E-state index in [9.17, 15) is 47.1 Å². The van der Waals surface area contributed by atoms with Crippen LogP contribution in [0.1, 0.15) is 191 Å². The van der Waals surface area contributed by atoms with Crippen molar-refractivity contribution in [2.75, 3.05) is 83.6 Å². The molecule has 98 heavy (non-hydrogen) atoms. The van der Waals surface area contributed by atoms with Crippen molar-refractivity contribution in [2.45, 2.75) is 212 Å². The highest BCUT2D eigenvalue weighted by Crippen LogP contribution is 2.60. The van der Waals surface area contributed by atoms with Crippen LogP contribution in [0.2, 0.25) is 0 Å². The van der Waals surface area contributed by atoms with Gasteiger partial charge in [-0.05, 0) is 172 Å². The zero-order chi connectivity index (χ0) is 70.8. The first-order chi connectivity index (χ1) is 46.7. The third-order valence-electron chi connectivity index (χ3n) is 21.5. The number of unbranched alkanes of at least 4 members (excludes halogenated alkanes) is 1. The molecule has 27 heteroatoms. The Hall–Kier alpha value is -6.46. The number of imide groups is 1. The number of nitrogens with zero attached hydrogens (tertiary/aromatic N) is 3. The molecule has 8 rings (SSSR count). The zero-order valence-corrected chi connectivity index (χ0v) is 59.4. The molecule has 3 aromatic rings. The van der Waals surface area contributed by atoms with Crippen LogP contribution in [-0.4, -0.2) is 171 Å². The quantitative estimate of drug-likeness (QED) is 0.0188. The van der Waals surface area contributed by atoms with Gasteiger partial charge < -0.3 is 61.1 Å². The summed E-state index contributed by atoms with van der Waals surface area (Å²) in [7, 11) is -4.13. The summed E-state index contributed by atoms with van der Waals surface area (Å²) in [6.45, 7) is 16.7. The van der Waals surface area contributed by atoms with Crippen LogP contribution in [-0.2, 0) is 104 Å². The van der Waals surface area contributed by atoms with Crippen LogP contribution in [0.15, 0.2) is 36.4 Å². The second-order valence-corrected chi connectivity index (χ2v) is 30.4. The topological polar surface area (TPSA) is 369 Å². The lowest BCUT2D eigenvalue weighted by atomic mass is 9.49. The van der Waals surface area contributed by atoms with E-state index in [1.165, 1.54) is 5.56 Å². The molecule has 0 aliphatic heterocycles. The summed E-state index contributed by atoms with van der Waals surface area (Å²) in [5.74, 6) is -3.32. The number of rotatable bonds is 35. The molecule has 5 aliphatic rings. The lowest BCUT2D eigenvalue weighted by Crippen LogP contribution is -2.60. The van der Waals surface area contributed by atoms with Crippen LogP contribution in [0.5, 0.6) is 5.75 Å². The molecule has 544 valence electrons. The molecule has 2 aromatic carbocycles. The predicted octanol–water partition coefficient (Wildman–Crippen LogP) is 5.88. The molecule has 2 saturated carbocycles. The molecule has 26 nitrogen and oxygen atoms in total. The molecular weight excluding hydrogens is 1280 g/mol. The molecule has 5 aliphatic carbocycles. The van der Waals surface area contributed by atoms with Gasteiger partial charge in [-0.25, -0.2) is 4.68 Å². The van der Waals surface area contributed by atoms with E-state index in [4.69, 9.17) is 34.0 Å². The summed E-state index contributed by atoms with van der Waals surface area (Å²) >= 11 is 0. The number of aromatic nitrogens is 3. The van der Waals surface area contributed by atoms with Crippen LogP contribution in [0, 0.1) is 28.6 Å². The van der Waals surface area contributed by atoms with Gasteiger partial charge >= 0.3 is 0 Å². The number of benzene rings is 2. The van der Waals surface area contributed by atoms with E-state index in [1.807, 2.05) is 48.9 Å². The fraction of sp³-hybridized carbons (Fsp3) is 0.704. The van der Waals surface area contributed by atoms with Gasteiger partial charge in [0.05, 0.1) is 87.7 Å². The fourth-order valence-electron chi connectivity index (χ4n) is 16.0. The van der Waals surface area contributed by atoms with Crippen molar-refractivity contribution in [3.63, 3.8) is 0 Å². The monoisotopic (exact) mass is 1390 g/mol. The number of nitrogens with one attached hydrogen (secondary N) is 6. The van der Waals surface area contributed by atoms with Crippen LogP contribution in [0.4, 0.5) is 5.69 Å². The Balaban J connectivity index is 0.708. The van der Waals surface area contributed by atoms with Crippen LogP contribution < -0.4 is 37.6 Å². The van der Waals surface area contributed by atoms with Crippen LogP contribution >= 0.6 is 0 Å². The number of phenols is 1. The second kappa shape index (κ2) is 35.2. The smallest absolute Gasteiger partial charge is 0.266 e. The lowest BCUT2D eigenvalue weighted by molar-refractivity contribution is -0.150. The number of carbonyl (C=O) groups is 7. The van der Waals surface area contributed by atoms with Crippen molar-refractivity contribution >= 4 is 57.2 Å². The average Bonchev–Trinajstić information content (AvgIpc) is 0.836. The molecule has 10 atom stereocenters. The molecule has 0 spiro atoms. The first-order valence-electron chi connectivity index (χ1n) is 35.5. The molecule has 7 amide bonds. The molecule has 2 fully saturated rings. The van der Waals surface area contributed by atoms with E-state index in [0.717, 1.165) is 105 Å². The van der Waals surface area contributed by atoms with Gasteiger partial charge in [-0.3, -0.25) is 43.4 Å². The summed E-state index contributed by atoms with van der Waals surface area (Å²) in [4.78, 5) is 95.2. The van der Waals surface area contributed by atoms with Gasteiger partial charge in [0, 0.05) is 25.2 Å². The minimum Gasteiger partial charge on any atom is -0.508 e. The Bertz CT molecular complexity index is 3370. The summed E-state index contributed by atoms with van der Waals surface area (Å²) < 4.78 is 60.3. The first kappa shape index (κ1) is 77.3. The second-order valence-electron chi connectivity index (χ2n) is 28.8. The van der Waals surface area contributed by atoms with Gasteiger partial charge in [0.15, 0.2) is 0 Å². The van der Waals surface area contributed by atoms with Crippen molar-refractivity contribution in [3.8, 4) is 5.75 Å². The number of aryl methyl sites for hydroxylation is 2. The zero-order valence-electron chi connectivity index (χ0n) is 58.6. The minimum absolute atomic E-state index is 0.00643. The van der Waals surface area contributed by atoms with Crippen LogP contribution in [0.25, 0.3) is 0 Å². The maximum absolute atomic E-state index is 14.8. The van der Waals surface area contributed by atoms with Gasteiger partial charge in [-0.2, -0.15) is 8.42 Å². The van der Waals surface area contributed by atoms with E-state index >= 15 is 0 Å². The molecule has 1 heterocycles. The van der Waals surface area contributed by atoms with E-state index in [2.05, 4.69) is 56.1 Å². The lowest BCUT2D eigenvalue weighted by Gasteiger charge is -2.56. The van der Waals surface area contributed by atoms with Gasteiger partial charge in [0.2, 0.25) is 41.4 Å². The Morgan fingerprint density at radius 1 is 0.663 bits per heavy atom. The van der Waals surface area contributed by atoms with Gasteiger partial charge in [-0.15, -0.1) is 5.10 Å². The Morgan fingerprint density at radius 2 is 1.26 bits per heavy atom. The van der Waals surface area contributed by atoms with Crippen molar-refractivity contribution in [1.82, 2.24) is 41.6 Å².